The number of rotatable bonds is 5. The summed E-state index contributed by atoms with van der Waals surface area (Å²) in [7, 11) is 0. The van der Waals surface area contributed by atoms with Gasteiger partial charge in [-0.2, -0.15) is 0 Å². The van der Waals surface area contributed by atoms with Gasteiger partial charge in [-0.1, -0.05) is 45.7 Å². The highest BCUT2D eigenvalue weighted by atomic mass is 79.9. The molecular weight excluding hydrogens is 356 g/mol. The first-order valence-corrected chi connectivity index (χ1v) is 7.30. The summed E-state index contributed by atoms with van der Waals surface area (Å²) in [4.78, 5) is 10.6. The highest BCUT2D eigenvalue weighted by molar-refractivity contribution is 9.10. The highest BCUT2D eigenvalue weighted by Gasteiger charge is 2.06. The van der Waals surface area contributed by atoms with E-state index in [2.05, 4.69) is 15.9 Å². The Morgan fingerprint density at radius 3 is 2.62 bits per heavy atom. The van der Waals surface area contributed by atoms with Crippen LogP contribution in [0.15, 0.2) is 53.0 Å². The number of carbonyl (C=O) groups is 1. The van der Waals surface area contributed by atoms with Gasteiger partial charge in [0.15, 0.2) is 0 Å². The average Bonchev–Trinajstić information content (AvgIpc) is 2.45. The Hall–Kier alpha value is -1.78. The van der Waals surface area contributed by atoms with Gasteiger partial charge in [-0.05, 0) is 35.9 Å². The molecule has 0 aliphatic heterocycles. The van der Waals surface area contributed by atoms with Crippen molar-refractivity contribution in [2.45, 2.75) is 6.61 Å². The predicted octanol–water partition coefficient (Wildman–Crippen LogP) is 4.78. The molecule has 0 saturated carbocycles. The SMILES string of the molecule is O=C(O)/C=C/c1c(Cl)cccc1OCc1ccc(Br)cc1. The summed E-state index contributed by atoms with van der Waals surface area (Å²) in [6.07, 6.45) is 2.47. The van der Waals surface area contributed by atoms with Crippen LogP contribution in [0.3, 0.4) is 0 Å². The Kier molecular flexibility index (Phi) is 5.42. The Bertz CT molecular complexity index is 666. The minimum atomic E-state index is -1.03. The lowest BCUT2D eigenvalue weighted by Crippen LogP contribution is -1.97. The summed E-state index contributed by atoms with van der Waals surface area (Å²) in [6.45, 7) is 0.377. The molecule has 0 aliphatic carbocycles. The molecule has 2 aromatic carbocycles. The summed E-state index contributed by atoms with van der Waals surface area (Å²) in [5, 5.41) is 9.16. The summed E-state index contributed by atoms with van der Waals surface area (Å²) in [5.41, 5.74) is 1.56. The van der Waals surface area contributed by atoms with Crippen LogP contribution >= 0.6 is 27.5 Å². The van der Waals surface area contributed by atoms with Crippen LogP contribution in [0.2, 0.25) is 5.02 Å². The first kappa shape index (κ1) is 15.6. The molecule has 0 fully saturated rings. The first-order chi connectivity index (χ1) is 10.1. The van der Waals surface area contributed by atoms with Crippen molar-refractivity contribution in [1.82, 2.24) is 0 Å². The third-order valence-electron chi connectivity index (χ3n) is 2.71. The topological polar surface area (TPSA) is 46.5 Å². The van der Waals surface area contributed by atoms with E-state index in [9.17, 15) is 4.79 Å². The third-order valence-corrected chi connectivity index (χ3v) is 3.57. The van der Waals surface area contributed by atoms with Crippen molar-refractivity contribution in [1.29, 1.82) is 0 Å². The van der Waals surface area contributed by atoms with Crippen molar-refractivity contribution >= 4 is 39.6 Å². The number of halogens is 2. The molecule has 0 radical (unpaired) electrons. The Morgan fingerprint density at radius 1 is 1.24 bits per heavy atom. The van der Waals surface area contributed by atoms with E-state index in [4.69, 9.17) is 21.4 Å². The maximum Gasteiger partial charge on any atom is 0.328 e. The number of carboxylic acids is 1. The molecule has 21 heavy (non-hydrogen) atoms. The van der Waals surface area contributed by atoms with Gasteiger partial charge in [0.25, 0.3) is 0 Å². The van der Waals surface area contributed by atoms with Crippen molar-refractivity contribution in [2.24, 2.45) is 0 Å². The monoisotopic (exact) mass is 366 g/mol. The lowest BCUT2D eigenvalue weighted by atomic mass is 10.2. The molecule has 5 heteroatoms. The van der Waals surface area contributed by atoms with Crippen LogP contribution in [0.5, 0.6) is 5.75 Å². The zero-order valence-corrected chi connectivity index (χ0v) is 13.3. The van der Waals surface area contributed by atoms with Crippen LogP contribution in [-0.2, 0) is 11.4 Å². The van der Waals surface area contributed by atoms with Crippen LogP contribution in [0, 0.1) is 0 Å². The minimum absolute atomic E-state index is 0.377. The molecule has 0 aromatic heterocycles. The van der Waals surface area contributed by atoms with Gasteiger partial charge in [0.1, 0.15) is 12.4 Å². The van der Waals surface area contributed by atoms with Crippen molar-refractivity contribution in [3.8, 4) is 5.75 Å². The fourth-order valence-corrected chi connectivity index (χ4v) is 2.19. The Balaban J connectivity index is 2.17. The normalized spacial score (nSPS) is 10.8. The van der Waals surface area contributed by atoms with Crippen LogP contribution < -0.4 is 4.74 Å². The maximum absolute atomic E-state index is 10.6. The number of carboxylic acid groups (broad SMARTS) is 1. The number of aliphatic carboxylic acids is 1. The molecule has 0 aliphatic rings. The average molecular weight is 368 g/mol. The van der Waals surface area contributed by atoms with Crippen LogP contribution in [0.25, 0.3) is 6.08 Å². The molecule has 0 bridgehead atoms. The quantitative estimate of drug-likeness (QED) is 0.774. The van der Waals surface area contributed by atoms with E-state index in [-0.39, 0.29) is 0 Å². The Morgan fingerprint density at radius 2 is 1.95 bits per heavy atom. The summed E-state index contributed by atoms with van der Waals surface area (Å²) in [6, 6.07) is 13.0. The lowest BCUT2D eigenvalue weighted by Gasteiger charge is -2.10. The van der Waals surface area contributed by atoms with Gasteiger partial charge in [-0.15, -0.1) is 0 Å². The van der Waals surface area contributed by atoms with Crippen molar-refractivity contribution < 1.29 is 14.6 Å². The smallest absolute Gasteiger partial charge is 0.328 e. The van der Waals surface area contributed by atoms with Crippen LogP contribution in [0.1, 0.15) is 11.1 Å². The van der Waals surface area contributed by atoms with E-state index in [1.165, 1.54) is 6.08 Å². The van der Waals surface area contributed by atoms with Crippen LogP contribution in [0.4, 0.5) is 0 Å². The zero-order valence-electron chi connectivity index (χ0n) is 10.9. The molecule has 2 aromatic rings. The minimum Gasteiger partial charge on any atom is -0.488 e. The zero-order chi connectivity index (χ0) is 15.2. The van der Waals surface area contributed by atoms with Gasteiger partial charge in [-0.3, -0.25) is 0 Å². The summed E-state index contributed by atoms with van der Waals surface area (Å²) < 4.78 is 6.73. The fraction of sp³-hybridized carbons (Fsp3) is 0.0625. The van der Waals surface area contributed by atoms with E-state index in [0.717, 1.165) is 16.1 Å². The predicted molar refractivity (Wildman–Crippen MR) is 86.6 cm³/mol. The molecule has 3 nitrogen and oxygen atoms in total. The third kappa shape index (κ3) is 4.62. The number of benzene rings is 2. The summed E-state index contributed by atoms with van der Waals surface area (Å²) in [5.74, 6) is -0.489. The van der Waals surface area contributed by atoms with Gasteiger partial charge in [-0.25, -0.2) is 4.79 Å². The second kappa shape index (κ2) is 7.29. The molecular formula is C16H12BrClO3. The molecule has 0 saturated heterocycles. The summed E-state index contributed by atoms with van der Waals surface area (Å²) >= 11 is 9.46. The van der Waals surface area contributed by atoms with E-state index in [1.54, 1.807) is 18.2 Å². The van der Waals surface area contributed by atoms with E-state index < -0.39 is 5.97 Å². The van der Waals surface area contributed by atoms with Crippen molar-refractivity contribution in [3.05, 3.63) is 69.2 Å². The molecule has 0 spiro atoms. The van der Waals surface area contributed by atoms with E-state index >= 15 is 0 Å². The number of ether oxygens (including phenoxy) is 1. The largest absolute Gasteiger partial charge is 0.488 e. The van der Waals surface area contributed by atoms with Crippen LogP contribution in [-0.4, -0.2) is 11.1 Å². The van der Waals surface area contributed by atoms with E-state index in [1.807, 2.05) is 24.3 Å². The van der Waals surface area contributed by atoms with Crippen molar-refractivity contribution in [3.63, 3.8) is 0 Å². The lowest BCUT2D eigenvalue weighted by molar-refractivity contribution is -0.131. The molecule has 2 rings (SSSR count). The highest BCUT2D eigenvalue weighted by Crippen LogP contribution is 2.28. The van der Waals surface area contributed by atoms with E-state index in [0.29, 0.717) is 22.9 Å². The van der Waals surface area contributed by atoms with Gasteiger partial charge >= 0.3 is 5.97 Å². The molecule has 1 N–H and O–H groups in total. The number of hydrogen-bond donors (Lipinski definition) is 1. The molecule has 0 amide bonds. The second-order valence-electron chi connectivity index (χ2n) is 4.24. The fourth-order valence-electron chi connectivity index (χ4n) is 1.70. The first-order valence-electron chi connectivity index (χ1n) is 6.13. The standard InChI is InChI=1S/C16H12BrClO3/c17-12-6-4-11(5-7-12)10-21-15-3-1-2-14(18)13(15)8-9-16(19)20/h1-9H,10H2,(H,19,20)/b9-8+. The van der Waals surface area contributed by atoms with Gasteiger partial charge < -0.3 is 9.84 Å². The van der Waals surface area contributed by atoms with Gasteiger partial charge in [0.2, 0.25) is 0 Å². The maximum atomic E-state index is 10.6. The Labute approximate surface area is 135 Å². The molecule has 0 atom stereocenters. The molecule has 0 unspecified atom stereocenters. The van der Waals surface area contributed by atoms with Crippen molar-refractivity contribution in [2.75, 3.05) is 0 Å². The van der Waals surface area contributed by atoms with Gasteiger partial charge in [0, 0.05) is 16.1 Å². The second-order valence-corrected chi connectivity index (χ2v) is 5.56. The number of hydrogen-bond acceptors (Lipinski definition) is 2. The van der Waals surface area contributed by atoms with Gasteiger partial charge in [0.05, 0.1) is 5.02 Å². The molecule has 108 valence electrons. The molecule has 0 heterocycles.